The third kappa shape index (κ3) is 6.79. The predicted molar refractivity (Wildman–Crippen MR) is 202 cm³/mol. The molecule has 0 bridgehead atoms. The van der Waals surface area contributed by atoms with E-state index in [9.17, 15) is 19.5 Å². The van der Waals surface area contributed by atoms with Crippen molar-refractivity contribution in [3.8, 4) is 11.1 Å². The Bertz CT molecular complexity index is 2090. The number of hydrogen-bond acceptors (Lipinski definition) is 9. The summed E-state index contributed by atoms with van der Waals surface area (Å²) in [5.41, 5.74) is 4.06. The highest BCUT2D eigenvalue weighted by atomic mass is 35.5. The van der Waals surface area contributed by atoms with Crippen LogP contribution >= 0.6 is 34.5 Å². The second-order valence-electron chi connectivity index (χ2n) is 13.4. The van der Waals surface area contributed by atoms with Gasteiger partial charge in [-0.15, -0.1) is 11.3 Å². The third-order valence-corrected chi connectivity index (χ3v) is 11.2. The van der Waals surface area contributed by atoms with Crippen LogP contribution in [0.2, 0.25) is 10.0 Å². The lowest BCUT2D eigenvalue weighted by Crippen LogP contribution is -2.53. The van der Waals surface area contributed by atoms with Crippen LogP contribution < -0.4 is 10.2 Å². The average Bonchev–Trinajstić information content (AvgIpc) is 3.80. The maximum atomic E-state index is 13.6. The summed E-state index contributed by atoms with van der Waals surface area (Å²) in [6.45, 7) is 5.98. The topological polar surface area (TPSA) is 128 Å². The monoisotopic (exact) mass is 758 g/mol. The first kappa shape index (κ1) is 35.6. The lowest BCUT2D eigenvalue weighted by atomic mass is 9.84. The number of esters is 1. The Hall–Kier alpha value is -4.75. The van der Waals surface area contributed by atoms with Crippen LogP contribution in [0.4, 0.5) is 10.5 Å². The first-order valence-electron chi connectivity index (χ1n) is 16.7. The number of hydrogen-bond donors (Lipinski definition) is 2. The summed E-state index contributed by atoms with van der Waals surface area (Å²) in [6, 6.07) is 19.6. The van der Waals surface area contributed by atoms with E-state index in [1.807, 2.05) is 58.8 Å². The largest absolute Gasteiger partial charge is 0.481 e. The Morgan fingerprint density at radius 2 is 1.73 bits per heavy atom. The minimum atomic E-state index is -0.985. The quantitative estimate of drug-likeness (QED) is 0.182. The summed E-state index contributed by atoms with van der Waals surface area (Å²) in [7, 11) is 1.34. The number of anilines is 1. The van der Waals surface area contributed by atoms with Crippen LogP contribution in [-0.2, 0) is 19.7 Å². The fourth-order valence-corrected chi connectivity index (χ4v) is 7.96. The van der Waals surface area contributed by atoms with Crippen molar-refractivity contribution in [3.63, 3.8) is 0 Å². The molecule has 0 radical (unpaired) electrons. The van der Waals surface area contributed by atoms with Gasteiger partial charge in [0.25, 0.3) is 0 Å². The number of nitrogens with one attached hydrogen (secondary N) is 1. The van der Waals surface area contributed by atoms with E-state index < -0.39 is 23.4 Å². The molecule has 0 spiro atoms. The van der Waals surface area contributed by atoms with Crippen molar-refractivity contribution in [2.75, 3.05) is 44.7 Å². The summed E-state index contributed by atoms with van der Waals surface area (Å²) in [5, 5.41) is 16.3. The van der Waals surface area contributed by atoms with Crippen molar-refractivity contribution in [3.05, 3.63) is 116 Å². The zero-order valence-electron chi connectivity index (χ0n) is 28.7. The van der Waals surface area contributed by atoms with E-state index in [1.165, 1.54) is 18.4 Å². The van der Waals surface area contributed by atoms with E-state index in [0.29, 0.717) is 70.4 Å². The molecule has 2 N–H and O–H groups in total. The molecular weight excluding hydrogens is 723 g/mol. The van der Waals surface area contributed by atoms with Crippen molar-refractivity contribution in [1.29, 1.82) is 0 Å². The molecule has 3 aliphatic rings. The summed E-state index contributed by atoms with van der Waals surface area (Å²) in [6.07, 6.45) is 1.70. The van der Waals surface area contributed by atoms with Crippen LogP contribution in [0.15, 0.2) is 94.6 Å². The Morgan fingerprint density at radius 1 is 1.02 bits per heavy atom. The highest BCUT2D eigenvalue weighted by Gasteiger charge is 2.42. The van der Waals surface area contributed by atoms with Gasteiger partial charge in [-0.05, 0) is 54.8 Å². The zero-order chi connectivity index (χ0) is 36.7. The zero-order valence-corrected chi connectivity index (χ0v) is 31.0. The number of halogens is 2. The lowest BCUT2D eigenvalue weighted by molar-refractivity contribution is -0.142. The van der Waals surface area contributed by atoms with E-state index in [2.05, 4.69) is 15.2 Å². The first-order valence-corrected chi connectivity index (χ1v) is 18.3. The number of aliphatic imine (C=N–C) groups is 1. The Kier molecular flexibility index (Phi) is 9.83. The van der Waals surface area contributed by atoms with E-state index >= 15 is 0 Å². The first-order chi connectivity index (χ1) is 24.9. The van der Waals surface area contributed by atoms with E-state index in [-0.39, 0.29) is 12.1 Å². The van der Waals surface area contributed by atoms with Crippen LogP contribution in [0.5, 0.6) is 0 Å². The molecule has 0 aliphatic carbocycles. The van der Waals surface area contributed by atoms with Gasteiger partial charge in [-0.25, -0.2) is 14.6 Å². The van der Waals surface area contributed by atoms with Crippen molar-refractivity contribution in [2.24, 2.45) is 4.99 Å². The number of amides is 2. The van der Waals surface area contributed by atoms with Gasteiger partial charge < -0.3 is 20.1 Å². The molecule has 11 nitrogen and oxygen atoms in total. The van der Waals surface area contributed by atoms with Crippen molar-refractivity contribution >= 4 is 64.0 Å². The number of carboxylic acid groups (broad SMARTS) is 1. The van der Waals surface area contributed by atoms with E-state index in [0.717, 1.165) is 22.4 Å². The molecule has 7 rings (SSSR count). The number of methoxy groups -OCH3 is 1. The van der Waals surface area contributed by atoms with Gasteiger partial charge in [0.1, 0.15) is 6.04 Å². The molecule has 14 heteroatoms. The average molecular weight is 760 g/mol. The number of benzene rings is 3. The summed E-state index contributed by atoms with van der Waals surface area (Å²) in [4.78, 5) is 54.0. The smallest absolute Gasteiger partial charge is 0.338 e. The maximum Gasteiger partial charge on any atom is 0.338 e. The minimum absolute atomic E-state index is 0.0430. The predicted octanol–water partition coefficient (Wildman–Crippen LogP) is 6.62. The van der Waals surface area contributed by atoms with Gasteiger partial charge in [-0.1, -0.05) is 65.7 Å². The number of carboxylic acids is 1. The van der Waals surface area contributed by atoms with E-state index in [4.69, 9.17) is 32.9 Å². The second kappa shape index (κ2) is 14.3. The highest BCUT2D eigenvalue weighted by molar-refractivity contribution is 7.11. The fourth-order valence-electron chi connectivity index (χ4n) is 6.86. The Balaban J connectivity index is 1.09. The van der Waals surface area contributed by atoms with Gasteiger partial charge in [-0.2, -0.15) is 0 Å². The highest BCUT2D eigenvalue weighted by Crippen LogP contribution is 2.38. The standard InChI is InChI=1S/C38H36Cl2N6O5S/c1-38(2,36(48)49)24-8-4-22(5-9-24)23-6-11-26(12-7-23)46-20-27-19-44(15-16-45(27)37(46)50)21-30-31(35(47)51-3)32(28-13-10-25(39)18-29(28)40)43-33(42-30)34-41-14-17-52-34/h4-14,17-18,27,32H,15-16,19-21H2,1-3H3,(H,42,43)(H,48,49). The Labute approximate surface area is 315 Å². The number of rotatable bonds is 9. The number of carbonyl (C=O) groups is 3. The minimum Gasteiger partial charge on any atom is -0.481 e. The van der Waals surface area contributed by atoms with Gasteiger partial charge >= 0.3 is 18.0 Å². The van der Waals surface area contributed by atoms with Gasteiger partial charge in [-0.3, -0.25) is 19.6 Å². The molecule has 4 aromatic rings. The molecule has 268 valence electrons. The van der Waals surface area contributed by atoms with Crippen molar-refractivity contribution < 1.29 is 24.2 Å². The molecule has 4 heterocycles. The van der Waals surface area contributed by atoms with Crippen LogP contribution in [0.25, 0.3) is 11.1 Å². The molecule has 3 aliphatic heterocycles. The molecule has 2 fully saturated rings. The number of piperazine rings is 1. The van der Waals surface area contributed by atoms with Crippen LogP contribution in [0, 0.1) is 0 Å². The van der Waals surface area contributed by atoms with Crippen molar-refractivity contribution in [2.45, 2.75) is 31.3 Å². The van der Waals surface area contributed by atoms with Crippen molar-refractivity contribution in [1.82, 2.24) is 20.1 Å². The van der Waals surface area contributed by atoms with Gasteiger partial charge in [0.05, 0.1) is 24.1 Å². The van der Waals surface area contributed by atoms with Crippen LogP contribution in [0.1, 0.15) is 36.0 Å². The molecule has 0 saturated carbocycles. The number of fused-ring (bicyclic) bond motifs is 1. The van der Waals surface area contributed by atoms with Gasteiger partial charge in [0.2, 0.25) is 0 Å². The van der Waals surface area contributed by atoms with Gasteiger partial charge in [0.15, 0.2) is 10.8 Å². The molecule has 1 aromatic heterocycles. The van der Waals surface area contributed by atoms with E-state index in [1.54, 1.807) is 43.1 Å². The normalized spacial score (nSPS) is 19.3. The molecule has 3 aromatic carbocycles. The summed E-state index contributed by atoms with van der Waals surface area (Å²) in [5.74, 6) is -0.876. The number of nitrogens with zero attached hydrogens (tertiary/aromatic N) is 5. The number of thiazole rings is 1. The SMILES string of the molecule is COC(=O)C1=C(CN2CCN3C(=O)N(c4ccc(-c5ccc(C(C)(C)C(=O)O)cc5)cc4)CC3C2)NC(c2nccs2)=NC1c1ccc(Cl)cc1Cl. The molecule has 2 atom stereocenters. The van der Waals surface area contributed by atoms with Gasteiger partial charge in [0, 0.05) is 71.3 Å². The summed E-state index contributed by atoms with van der Waals surface area (Å²) >= 11 is 14.3. The number of ether oxygens (including phenoxy) is 1. The van der Waals surface area contributed by atoms with Crippen LogP contribution in [-0.4, -0.2) is 89.6 Å². The third-order valence-electron chi connectivity index (χ3n) is 9.90. The number of carbonyl (C=O) groups excluding carboxylic acids is 2. The maximum absolute atomic E-state index is 13.6. The number of urea groups is 1. The number of amidine groups is 1. The number of aromatic nitrogens is 1. The molecule has 2 amide bonds. The Morgan fingerprint density at radius 3 is 2.37 bits per heavy atom. The summed E-state index contributed by atoms with van der Waals surface area (Å²) < 4.78 is 5.27. The molecule has 2 saturated heterocycles. The fraction of sp³-hybridized carbons (Fsp3) is 0.289. The molecular formula is C38H36Cl2N6O5S. The molecule has 2 unspecified atom stereocenters. The second-order valence-corrected chi connectivity index (χ2v) is 15.2. The molecule has 52 heavy (non-hydrogen) atoms. The number of aliphatic carboxylic acids is 1. The van der Waals surface area contributed by atoms with Crippen LogP contribution in [0.3, 0.4) is 0 Å². The lowest BCUT2D eigenvalue weighted by Gasteiger charge is -2.38.